The maximum atomic E-state index is 12.8. The minimum Gasteiger partial charge on any atom is -0.328 e. The Balaban J connectivity index is 3.79. The Morgan fingerprint density at radius 1 is 0.739 bits per heavy atom. The Morgan fingerprint density at radius 3 is 1.26 bits per heavy atom. The molecule has 1 rings (SSSR count). The van der Waals surface area contributed by atoms with Crippen LogP contribution in [0, 0.1) is 0 Å². The van der Waals surface area contributed by atoms with Crippen LogP contribution < -0.4 is 5.32 Å². The van der Waals surface area contributed by atoms with E-state index >= 15 is 0 Å². The van der Waals surface area contributed by atoms with E-state index in [0.717, 1.165) is 0 Å². The van der Waals surface area contributed by atoms with E-state index in [0.29, 0.717) is 0 Å². The van der Waals surface area contributed by atoms with Gasteiger partial charge in [-0.25, -0.2) is 0 Å². The van der Waals surface area contributed by atoms with Gasteiger partial charge < -0.3 is 10.1 Å². The van der Waals surface area contributed by atoms with Crippen molar-refractivity contribution in [1.29, 1.82) is 0 Å². The van der Waals surface area contributed by atoms with Gasteiger partial charge in [0.05, 0.1) is 0 Å². The zero-order chi connectivity index (χ0) is 18.7. The SMILES string of the molecule is CN=C1NC(C(F)(F)F)(C(F)(F)F)OC1(C(F)(F)F)C(F)(F)F. The van der Waals surface area contributed by atoms with Gasteiger partial charge in [0.1, 0.15) is 0 Å². The number of alkyl halides is 12. The maximum absolute atomic E-state index is 12.8. The molecule has 1 aliphatic rings. The number of rotatable bonds is 0. The lowest BCUT2D eigenvalue weighted by Crippen LogP contribution is -2.66. The van der Waals surface area contributed by atoms with Crippen molar-refractivity contribution in [3.8, 4) is 0 Å². The van der Waals surface area contributed by atoms with E-state index in [1.807, 2.05) is 0 Å². The molecule has 0 bridgehead atoms. The summed E-state index contributed by atoms with van der Waals surface area (Å²) in [6.45, 7) is 0. The summed E-state index contributed by atoms with van der Waals surface area (Å²) in [5.74, 6) is -2.72. The first-order valence-corrected chi connectivity index (χ1v) is 5.10. The molecule has 23 heavy (non-hydrogen) atoms. The summed E-state index contributed by atoms with van der Waals surface area (Å²) >= 11 is 0. The minimum absolute atomic E-state index is 0.0758. The lowest BCUT2D eigenvalue weighted by Gasteiger charge is -2.36. The molecule has 1 saturated heterocycles. The summed E-state index contributed by atoms with van der Waals surface area (Å²) < 4.78 is 155. The third kappa shape index (κ3) is 2.48. The smallest absolute Gasteiger partial charge is 0.328 e. The summed E-state index contributed by atoms with van der Waals surface area (Å²) in [7, 11) is 0.140. The van der Waals surface area contributed by atoms with Crippen LogP contribution in [0.1, 0.15) is 0 Å². The molecule has 1 N–H and O–H groups in total. The van der Waals surface area contributed by atoms with E-state index in [-0.39, 0.29) is 12.4 Å². The fraction of sp³-hybridized carbons (Fsp3) is 0.875. The quantitative estimate of drug-likeness (QED) is 0.662. The van der Waals surface area contributed by atoms with Gasteiger partial charge in [-0.1, -0.05) is 0 Å². The first-order valence-electron chi connectivity index (χ1n) is 5.10. The molecule has 0 aliphatic carbocycles. The van der Waals surface area contributed by atoms with Crippen LogP contribution in [0.3, 0.4) is 0 Å². The maximum Gasteiger partial charge on any atom is 0.446 e. The normalized spacial score (nSPS) is 24.0. The van der Waals surface area contributed by atoms with Gasteiger partial charge in [-0.3, -0.25) is 4.99 Å². The third-order valence-electron chi connectivity index (χ3n) is 2.75. The molecule has 0 atom stereocenters. The van der Waals surface area contributed by atoms with Gasteiger partial charge in [-0.15, -0.1) is 0 Å². The fourth-order valence-electron chi connectivity index (χ4n) is 1.73. The molecular formula is C8H4F12N2O. The van der Waals surface area contributed by atoms with E-state index in [9.17, 15) is 52.7 Å². The summed E-state index contributed by atoms with van der Waals surface area (Å²) in [6.07, 6.45) is -26.9. The van der Waals surface area contributed by atoms with Gasteiger partial charge in [0.15, 0.2) is 5.84 Å². The standard InChI is InChI=1S/C8H4F12N2O/c1-21-2-3(5(9,10)11,6(12,13)14)23-4(22-2,7(15,16)17)8(18,19)20/h1H3,(H,21,22). The Morgan fingerprint density at radius 2 is 1.09 bits per heavy atom. The summed E-state index contributed by atoms with van der Waals surface area (Å²) in [5.41, 5.74) is -11.8. The molecule has 1 heterocycles. The third-order valence-corrected chi connectivity index (χ3v) is 2.75. The van der Waals surface area contributed by atoms with Crippen LogP contribution in [0.25, 0.3) is 0 Å². The largest absolute Gasteiger partial charge is 0.446 e. The average molecular weight is 372 g/mol. The lowest BCUT2D eigenvalue weighted by atomic mass is 10.0. The van der Waals surface area contributed by atoms with Gasteiger partial charge >= 0.3 is 36.0 Å². The Labute approximate surface area is 118 Å². The number of halogens is 12. The minimum atomic E-state index is -6.72. The molecule has 0 saturated carbocycles. The highest BCUT2D eigenvalue weighted by Gasteiger charge is 2.89. The number of nitrogens with zero attached hydrogens (tertiary/aromatic N) is 1. The number of amidine groups is 1. The zero-order valence-corrected chi connectivity index (χ0v) is 10.4. The molecule has 15 heteroatoms. The molecule has 3 nitrogen and oxygen atoms in total. The highest BCUT2D eigenvalue weighted by molar-refractivity contribution is 5.95. The summed E-state index contributed by atoms with van der Waals surface area (Å²) in [4.78, 5) is 2.24. The van der Waals surface area contributed by atoms with Crippen LogP contribution in [-0.4, -0.2) is 48.9 Å². The van der Waals surface area contributed by atoms with Crippen molar-refractivity contribution in [2.45, 2.75) is 36.0 Å². The average Bonchev–Trinajstić information content (AvgIpc) is 2.63. The van der Waals surface area contributed by atoms with Crippen molar-refractivity contribution in [3.05, 3.63) is 0 Å². The predicted octanol–water partition coefficient (Wildman–Crippen LogP) is 3.32. The van der Waals surface area contributed by atoms with Crippen molar-refractivity contribution in [2.75, 3.05) is 7.05 Å². The number of hydrogen-bond acceptors (Lipinski definition) is 2. The molecular weight excluding hydrogens is 368 g/mol. The molecule has 1 fully saturated rings. The van der Waals surface area contributed by atoms with E-state index in [2.05, 4.69) is 9.73 Å². The summed E-state index contributed by atoms with van der Waals surface area (Å²) in [5, 5.41) is 0.0758. The van der Waals surface area contributed by atoms with E-state index in [4.69, 9.17) is 0 Å². The second-order valence-corrected chi connectivity index (χ2v) is 4.15. The van der Waals surface area contributed by atoms with Crippen LogP contribution in [-0.2, 0) is 4.74 Å². The van der Waals surface area contributed by atoms with Crippen LogP contribution in [0.2, 0.25) is 0 Å². The molecule has 1 aliphatic heterocycles. The second kappa shape index (κ2) is 4.80. The van der Waals surface area contributed by atoms with Crippen molar-refractivity contribution in [3.63, 3.8) is 0 Å². The van der Waals surface area contributed by atoms with E-state index in [1.54, 1.807) is 0 Å². The van der Waals surface area contributed by atoms with Crippen molar-refractivity contribution >= 4 is 5.84 Å². The first-order chi connectivity index (χ1) is 9.87. The molecule has 0 unspecified atom stereocenters. The van der Waals surface area contributed by atoms with Crippen LogP contribution >= 0.6 is 0 Å². The van der Waals surface area contributed by atoms with Crippen molar-refractivity contribution in [2.24, 2.45) is 4.99 Å². The van der Waals surface area contributed by atoms with Gasteiger partial charge in [0.25, 0.3) is 0 Å². The predicted molar refractivity (Wildman–Crippen MR) is 47.3 cm³/mol. The number of nitrogens with one attached hydrogen (secondary N) is 1. The Bertz CT molecular complexity index is 467. The Kier molecular flexibility index (Phi) is 4.09. The second-order valence-electron chi connectivity index (χ2n) is 4.15. The van der Waals surface area contributed by atoms with Gasteiger partial charge in [0, 0.05) is 7.05 Å². The van der Waals surface area contributed by atoms with Crippen LogP contribution in [0.15, 0.2) is 4.99 Å². The van der Waals surface area contributed by atoms with Crippen LogP contribution in [0.5, 0.6) is 0 Å². The van der Waals surface area contributed by atoms with Crippen molar-refractivity contribution < 1.29 is 57.4 Å². The molecule has 0 aromatic carbocycles. The van der Waals surface area contributed by atoms with Crippen molar-refractivity contribution in [1.82, 2.24) is 5.32 Å². The van der Waals surface area contributed by atoms with Gasteiger partial charge in [0.2, 0.25) is 0 Å². The summed E-state index contributed by atoms with van der Waals surface area (Å²) in [6, 6.07) is 0. The molecule has 0 amide bonds. The van der Waals surface area contributed by atoms with Gasteiger partial charge in [-0.2, -0.15) is 52.7 Å². The molecule has 0 aromatic heterocycles. The highest BCUT2D eigenvalue weighted by Crippen LogP contribution is 2.57. The topological polar surface area (TPSA) is 33.6 Å². The number of hydrogen-bond donors (Lipinski definition) is 1. The first kappa shape index (κ1) is 19.6. The zero-order valence-electron chi connectivity index (χ0n) is 10.4. The highest BCUT2D eigenvalue weighted by atomic mass is 19.4. The molecule has 136 valence electrons. The van der Waals surface area contributed by atoms with Gasteiger partial charge in [-0.05, 0) is 0 Å². The Hall–Kier alpha value is -1.41. The lowest BCUT2D eigenvalue weighted by molar-refractivity contribution is -0.438. The van der Waals surface area contributed by atoms with Crippen LogP contribution in [0.4, 0.5) is 52.7 Å². The number of aliphatic imine (C=N–C) groups is 1. The van der Waals surface area contributed by atoms with E-state index < -0.39 is 41.9 Å². The fourth-order valence-corrected chi connectivity index (χ4v) is 1.73. The van der Waals surface area contributed by atoms with E-state index in [1.165, 1.54) is 0 Å². The monoisotopic (exact) mass is 372 g/mol. The molecule has 0 aromatic rings. The molecule has 0 spiro atoms. The molecule has 0 radical (unpaired) electrons. The number of ether oxygens (including phenoxy) is 1.